The number of rotatable bonds is 4. The van der Waals surface area contributed by atoms with Gasteiger partial charge in [-0.25, -0.2) is 9.96 Å². The van der Waals surface area contributed by atoms with Crippen LogP contribution in [0.3, 0.4) is 0 Å². The highest BCUT2D eigenvalue weighted by atomic mass is 19.4. The van der Waals surface area contributed by atoms with Crippen LogP contribution in [-0.2, 0) is 20.6 Å². The summed E-state index contributed by atoms with van der Waals surface area (Å²) >= 11 is 0. The molecule has 0 spiro atoms. The number of halogens is 3. The third kappa shape index (κ3) is 3.69. The Morgan fingerprint density at radius 1 is 0.857 bits per heavy atom. The van der Waals surface area contributed by atoms with Crippen LogP contribution in [0.25, 0.3) is 0 Å². The largest absolute Gasteiger partial charge is 0.416 e. The van der Waals surface area contributed by atoms with Gasteiger partial charge in [0.15, 0.2) is 6.10 Å². The lowest BCUT2D eigenvalue weighted by molar-refractivity contribution is -0.385. The van der Waals surface area contributed by atoms with Gasteiger partial charge in [0.1, 0.15) is 12.0 Å². The number of imide groups is 1. The number of carbonyl (C=O) groups excluding carboxylic acids is 2. The molecule has 0 aromatic heterocycles. The second-order valence-corrected chi connectivity index (χ2v) is 8.03. The van der Waals surface area contributed by atoms with E-state index in [2.05, 4.69) is 0 Å². The van der Waals surface area contributed by atoms with Gasteiger partial charge in [-0.3, -0.25) is 24.5 Å². The number of hydrogen-bond acceptors (Lipinski definition) is 6. The van der Waals surface area contributed by atoms with Crippen molar-refractivity contribution in [2.24, 2.45) is 5.92 Å². The van der Waals surface area contributed by atoms with E-state index in [-0.39, 0.29) is 16.9 Å². The van der Waals surface area contributed by atoms with Crippen LogP contribution in [0.15, 0.2) is 78.9 Å². The number of nitrogens with zero attached hydrogens (tertiary/aromatic N) is 3. The standard InChI is InChI=1S/C24H16F3N3O5/c25-24(26,27)14-7-6-10-16(13-14)28-22(31)19-20(17-11-4-5-12-18(17)30(33)34)29(35-21(19)23(28)32)15-8-2-1-3-9-15/h1-13,19-21H/t19-,20-,21-/m1/s1. The predicted octanol–water partition coefficient (Wildman–Crippen LogP) is 4.66. The molecule has 178 valence electrons. The van der Waals surface area contributed by atoms with Crippen LogP contribution >= 0.6 is 0 Å². The monoisotopic (exact) mass is 483 g/mol. The number of amides is 2. The molecule has 0 saturated carbocycles. The van der Waals surface area contributed by atoms with Gasteiger partial charge in [0, 0.05) is 6.07 Å². The lowest BCUT2D eigenvalue weighted by atomic mass is 9.89. The number of nitro groups is 1. The molecular formula is C24H16F3N3O5. The normalized spacial score (nSPS) is 22.0. The summed E-state index contributed by atoms with van der Waals surface area (Å²) in [6.07, 6.45) is -6.05. The van der Waals surface area contributed by atoms with Gasteiger partial charge in [-0.1, -0.05) is 36.4 Å². The summed E-state index contributed by atoms with van der Waals surface area (Å²) in [4.78, 5) is 44.5. The van der Waals surface area contributed by atoms with E-state index in [1.807, 2.05) is 0 Å². The number of anilines is 2. The Hall–Kier alpha value is -4.25. The van der Waals surface area contributed by atoms with Crippen LogP contribution in [-0.4, -0.2) is 22.8 Å². The van der Waals surface area contributed by atoms with Crippen molar-refractivity contribution in [3.8, 4) is 0 Å². The maximum Gasteiger partial charge on any atom is 0.416 e. The summed E-state index contributed by atoms with van der Waals surface area (Å²) in [5.74, 6) is -2.87. The fourth-order valence-corrected chi connectivity index (χ4v) is 4.51. The third-order valence-corrected chi connectivity index (χ3v) is 6.01. The molecule has 0 N–H and O–H groups in total. The van der Waals surface area contributed by atoms with E-state index >= 15 is 0 Å². The summed E-state index contributed by atoms with van der Waals surface area (Å²) in [5, 5.41) is 13.0. The number of carbonyl (C=O) groups is 2. The maximum absolute atomic E-state index is 13.5. The highest BCUT2D eigenvalue weighted by molar-refractivity contribution is 6.24. The minimum Gasteiger partial charge on any atom is -0.273 e. The van der Waals surface area contributed by atoms with Gasteiger partial charge in [0.05, 0.1) is 27.4 Å². The number of fused-ring (bicyclic) bond motifs is 1. The van der Waals surface area contributed by atoms with Crippen molar-refractivity contribution in [2.75, 3.05) is 9.96 Å². The molecule has 35 heavy (non-hydrogen) atoms. The molecular weight excluding hydrogens is 467 g/mol. The van der Waals surface area contributed by atoms with Gasteiger partial charge in [0.2, 0.25) is 5.91 Å². The second kappa shape index (κ2) is 8.20. The molecule has 0 radical (unpaired) electrons. The Balaban J connectivity index is 1.62. The van der Waals surface area contributed by atoms with E-state index in [9.17, 15) is 32.9 Å². The highest BCUT2D eigenvalue weighted by Gasteiger charge is 2.61. The number of hydrogen-bond donors (Lipinski definition) is 0. The van der Waals surface area contributed by atoms with Crippen molar-refractivity contribution in [1.82, 2.24) is 0 Å². The molecule has 3 aromatic rings. The Morgan fingerprint density at radius 3 is 2.20 bits per heavy atom. The zero-order valence-electron chi connectivity index (χ0n) is 17.8. The van der Waals surface area contributed by atoms with Crippen molar-refractivity contribution < 1.29 is 32.5 Å². The summed E-state index contributed by atoms with van der Waals surface area (Å²) in [6.45, 7) is 0. The van der Waals surface area contributed by atoms with Crippen LogP contribution in [0, 0.1) is 16.0 Å². The van der Waals surface area contributed by atoms with Gasteiger partial charge in [-0.2, -0.15) is 13.2 Å². The van der Waals surface area contributed by atoms with Gasteiger partial charge in [-0.05, 0) is 36.4 Å². The average Bonchev–Trinajstić information content (AvgIpc) is 3.35. The van der Waals surface area contributed by atoms with E-state index < -0.39 is 46.5 Å². The van der Waals surface area contributed by atoms with Crippen molar-refractivity contribution in [3.63, 3.8) is 0 Å². The van der Waals surface area contributed by atoms with Crippen LogP contribution in [0.5, 0.6) is 0 Å². The molecule has 3 atom stereocenters. The van der Waals surface area contributed by atoms with E-state index in [0.717, 1.165) is 12.1 Å². The molecule has 0 bridgehead atoms. The molecule has 11 heteroatoms. The molecule has 2 heterocycles. The van der Waals surface area contributed by atoms with Gasteiger partial charge in [0.25, 0.3) is 11.6 Å². The first-order valence-corrected chi connectivity index (χ1v) is 10.5. The Morgan fingerprint density at radius 2 is 1.51 bits per heavy atom. The topological polar surface area (TPSA) is 93.0 Å². The fourth-order valence-electron chi connectivity index (χ4n) is 4.51. The number of alkyl halides is 3. The molecule has 2 saturated heterocycles. The smallest absolute Gasteiger partial charge is 0.273 e. The molecule has 2 aliphatic heterocycles. The van der Waals surface area contributed by atoms with E-state index in [4.69, 9.17) is 4.84 Å². The first-order chi connectivity index (χ1) is 16.7. The van der Waals surface area contributed by atoms with E-state index in [0.29, 0.717) is 16.7 Å². The zero-order valence-corrected chi connectivity index (χ0v) is 17.8. The van der Waals surface area contributed by atoms with Crippen molar-refractivity contribution in [2.45, 2.75) is 18.3 Å². The van der Waals surface area contributed by atoms with Crippen LogP contribution in [0.2, 0.25) is 0 Å². The number of benzene rings is 3. The minimum absolute atomic E-state index is 0.140. The molecule has 0 unspecified atom stereocenters. The first-order valence-electron chi connectivity index (χ1n) is 10.5. The van der Waals surface area contributed by atoms with E-state index in [1.165, 1.54) is 29.3 Å². The quantitative estimate of drug-likeness (QED) is 0.304. The lowest BCUT2D eigenvalue weighted by Crippen LogP contribution is -2.37. The fraction of sp³-hybridized carbons (Fsp3) is 0.167. The third-order valence-electron chi connectivity index (χ3n) is 6.01. The highest BCUT2D eigenvalue weighted by Crippen LogP contribution is 2.49. The summed E-state index contributed by atoms with van der Waals surface area (Å²) in [6, 6.07) is 17.0. The molecule has 8 nitrogen and oxygen atoms in total. The minimum atomic E-state index is -4.68. The van der Waals surface area contributed by atoms with Crippen LogP contribution in [0.4, 0.5) is 30.2 Å². The lowest BCUT2D eigenvalue weighted by Gasteiger charge is -2.28. The van der Waals surface area contributed by atoms with E-state index in [1.54, 1.807) is 36.4 Å². The van der Waals surface area contributed by atoms with Gasteiger partial charge < -0.3 is 0 Å². The van der Waals surface area contributed by atoms with Crippen molar-refractivity contribution in [3.05, 3.63) is 100 Å². The van der Waals surface area contributed by atoms with Crippen LogP contribution < -0.4 is 9.96 Å². The molecule has 2 fully saturated rings. The molecule has 2 amide bonds. The van der Waals surface area contributed by atoms with Crippen molar-refractivity contribution in [1.29, 1.82) is 0 Å². The number of nitro benzene ring substituents is 1. The number of hydroxylamine groups is 1. The second-order valence-electron chi connectivity index (χ2n) is 8.03. The SMILES string of the molecule is O=C1[C@@H]2[C@@H](c3ccccc3[N+](=O)[O-])N(c3ccccc3)O[C@H]2C(=O)N1c1cccc(C(F)(F)F)c1. The summed E-state index contributed by atoms with van der Waals surface area (Å²) in [7, 11) is 0. The summed E-state index contributed by atoms with van der Waals surface area (Å²) < 4.78 is 39.7. The van der Waals surface area contributed by atoms with Gasteiger partial charge >= 0.3 is 6.18 Å². The van der Waals surface area contributed by atoms with Crippen LogP contribution in [0.1, 0.15) is 17.2 Å². The summed E-state index contributed by atoms with van der Waals surface area (Å²) in [5.41, 5.74) is -0.951. The Bertz CT molecular complexity index is 1330. The Kier molecular flexibility index (Phi) is 5.28. The molecule has 2 aliphatic rings. The maximum atomic E-state index is 13.5. The molecule has 3 aromatic carbocycles. The predicted molar refractivity (Wildman–Crippen MR) is 117 cm³/mol. The molecule has 0 aliphatic carbocycles. The first kappa shape index (κ1) is 22.5. The van der Waals surface area contributed by atoms with Gasteiger partial charge in [-0.15, -0.1) is 0 Å². The Labute approximate surface area is 196 Å². The number of para-hydroxylation sites is 2. The molecule has 5 rings (SSSR count). The van der Waals surface area contributed by atoms with Crippen molar-refractivity contribution >= 4 is 28.9 Å². The zero-order chi connectivity index (χ0) is 24.9. The average molecular weight is 483 g/mol.